The number of nitrogens with zero attached hydrogens (tertiary/aromatic N) is 6. The van der Waals surface area contributed by atoms with Crippen molar-refractivity contribution in [3.63, 3.8) is 0 Å². The van der Waals surface area contributed by atoms with E-state index in [4.69, 9.17) is 4.74 Å². The predicted octanol–water partition coefficient (Wildman–Crippen LogP) is 0.828. The molecule has 0 aliphatic carbocycles. The number of aromatic nitrogens is 4. The number of piperidine rings is 1. The number of esters is 1. The Bertz CT molecular complexity index is 1230. The number of amides is 1. The number of β-amino-alcohol motifs (C(OH)–C–C–N with tert-alkyl or cyclic N) is 1. The number of aliphatic hydroxyl groups excluding tert-OH is 1. The highest BCUT2D eigenvalue weighted by atomic mass is 19.1. The summed E-state index contributed by atoms with van der Waals surface area (Å²) >= 11 is 0. The van der Waals surface area contributed by atoms with Crippen molar-refractivity contribution in [2.24, 2.45) is 5.41 Å². The van der Waals surface area contributed by atoms with Crippen molar-refractivity contribution in [3.8, 4) is 11.4 Å². The van der Waals surface area contributed by atoms with Gasteiger partial charge in [-0.15, -0.1) is 5.10 Å². The van der Waals surface area contributed by atoms with Crippen LogP contribution in [0.1, 0.15) is 37.0 Å². The minimum absolute atomic E-state index is 0.0660. The zero-order valence-electron chi connectivity index (χ0n) is 18.8. The molecule has 0 radical (unpaired) electrons. The molecule has 4 aliphatic heterocycles. The van der Waals surface area contributed by atoms with Crippen LogP contribution in [0.5, 0.6) is 0 Å². The highest BCUT2D eigenvalue weighted by Crippen LogP contribution is 2.45. The molecule has 0 bridgehead atoms. The number of benzene rings is 1. The van der Waals surface area contributed by atoms with Gasteiger partial charge in [-0.05, 0) is 47.9 Å². The fourth-order valence-electron chi connectivity index (χ4n) is 5.68. The largest absolute Gasteiger partial charge is 0.456 e. The first-order valence-electron chi connectivity index (χ1n) is 11.5. The number of halogens is 1. The SMILES string of the molecule is CC1=C(N2CC[C@]3(CCN(C[C@@H](O)c4ccc5c(c4)Cn4nnnc4-5)C[C@H]3F)C2=O)COC1=O. The number of carbonyl (C=O) groups is 2. The molecule has 1 spiro atoms. The van der Waals surface area contributed by atoms with Gasteiger partial charge in [0.1, 0.15) is 12.8 Å². The number of hydrogen-bond donors (Lipinski definition) is 1. The number of aliphatic hydroxyl groups is 1. The summed E-state index contributed by atoms with van der Waals surface area (Å²) in [6.45, 7) is 3.53. The third kappa shape index (κ3) is 3.10. The molecule has 2 fully saturated rings. The van der Waals surface area contributed by atoms with Crippen LogP contribution >= 0.6 is 0 Å². The van der Waals surface area contributed by atoms with Gasteiger partial charge in [0.15, 0.2) is 5.82 Å². The third-order valence-corrected chi connectivity index (χ3v) is 7.79. The van der Waals surface area contributed by atoms with Crippen molar-refractivity contribution >= 4 is 11.9 Å². The Morgan fingerprint density at radius 2 is 2.12 bits per heavy atom. The lowest BCUT2D eigenvalue weighted by atomic mass is 9.75. The number of rotatable bonds is 4. The topological polar surface area (TPSA) is 114 Å². The van der Waals surface area contributed by atoms with Gasteiger partial charge in [-0.1, -0.05) is 18.2 Å². The Balaban J connectivity index is 1.12. The van der Waals surface area contributed by atoms with Gasteiger partial charge in [-0.25, -0.2) is 13.9 Å². The molecule has 1 N–H and O–H groups in total. The molecule has 0 unspecified atom stereocenters. The Morgan fingerprint density at radius 3 is 2.88 bits per heavy atom. The third-order valence-electron chi connectivity index (χ3n) is 7.79. The second kappa shape index (κ2) is 7.67. The maximum atomic E-state index is 15.5. The first-order chi connectivity index (χ1) is 16.4. The zero-order chi connectivity index (χ0) is 23.6. The van der Waals surface area contributed by atoms with Crippen LogP contribution in [-0.2, 0) is 20.9 Å². The summed E-state index contributed by atoms with van der Waals surface area (Å²) < 4.78 is 22.3. The summed E-state index contributed by atoms with van der Waals surface area (Å²) in [5, 5.41) is 22.5. The van der Waals surface area contributed by atoms with Crippen molar-refractivity contribution in [2.75, 3.05) is 32.8 Å². The highest BCUT2D eigenvalue weighted by Gasteiger charge is 2.56. The van der Waals surface area contributed by atoms with E-state index < -0.39 is 23.7 Å². The van der Waals surface area contributed by atoms with Crippen molar-refractivity contribution < 1.29 is 23.8 Å². The molecule has 1 amide bonds. The van der Waals surface area contributed by atoms with Crippen LogP contribution in [0.15, 0.2) is 29.5 Å². The average molecular weight is 468 g/mol. The quantitative estimate of drug-likeness (QED) is 0.560. The fourth-order valence-corrected chi connectivity index (χ4v) is 5.68. The number of ether oxygens (including phenoxy) is 1. The number of hydrogen-bond acceptors (Lipinski definition) is 8. The van der Waals surface area contributed by atoms with Gasteiger partial charge in [0.05, 0.1) is 29.3 Å². The smallest absolute Gasteiger partial charge is 0.336 e. The van der Waals surface area contributed by atoms with Gasteiger partial charge < -0.3 is 14.7 Å². The van der Waals surface area contributed by atoms with Gasteiger partial charge in [-0.3, -0.25) is 9.69 Å². The molecule has 4 aliphatic rings. The molecule has 2 saturated heterocycles. The molecule has 1 aromatic carbocycles. The summed E-state index contributed by atoms with van der Waals surface area (Å²) in [7, 11) is 0. The summed E-state index contributed by atoms with van der Waals surface area (Å²) in [4.78, 5) is 28.4. The van der Waals surface area contributed by atoms with E-state index in [1.807, 2.05) is 23.1 Å². The number of carbonyl (C=O) groups excluding carboxylic acids is 2. The van der Waals surface area contributed by atoms with Crippen molar-refractivity contribution in [1.29, 1.82) is 0 Å². The lowest BCUT2D eigenvalue weighted by Crippen LogP contribution is -2.53. The van der Waals surface area contributed by atoms with E-state index in [2.05, 4.69) is 15.5 Å². The molecule has 2 aromatic rings. The molecule has 1 aromatic heterocycles. The second-order valence-electron chi connectivity index (χ2n) is 9.58. The maximum absolute atomic E-state index is 15.5. The highest BCUT2D eigenvalue weighted by molar-refractivity contribution is 5.94. The number of likely N-dealkylation sites (tertiary alicyclic amines) is 2. The van der Waals surface area contributed by atoms with Gasteiger partial charge >= 0.3 is 5.97 Å². The minimum Gasteiger partial charge on any atom is -0.456 e. The molecule has 34 heavy (non-hydrogen) atoms. The monoisotopic (exact) mass is 468 g/mol. The zero-order valence-corrected chi connectivity index (χ0v) is 18.8. The predicted molar refractivity (Wildman–Crippen MR) is 116 cm³/mol. The summed E-state index contributed by atoms with van der Waals surface area (Å²) in [6, 6.07) is 5.70. The Kier molecular flexibility index (Phi) is 4.82. The molecule has 6 rings (SSSR count). The fraction of sp³-hybridized carbons (Fsp3) is 0.522. The summed E-state index contributed by atoms with van der Waals surface area (Å²) in [6.07, 6.45) is -1.34. The second-order valence-corrected chi connectivity index (χ2v) is 9.58. The minimum atomic E-state index is -1.35. The van der Waals surface area contributed by atoms with Crippen LogP contribution in [0, 0.1) is 5.41 Å². The molecule has 5 heterocycles. The Morgan fingerprint density at radius 1 is 1.29 bits per heavy atom. The lowest BCUT2D eigenvalue weighted by molar-refractivity contribution is -0.142. The first-order valence-corrected chi connectivity index (χ1v) is 11.5. The summed E-state index contributed by atoms with van der Waals surface area (Å²) in [5.41, 5.74) is 2.63. The van der Waals surface area contributed by atoms with E-state index in [1.165, 1.54) is 4.90 Å². The number of alkyl halides is 1. The summed E-state index contributed by atoms with van der Waals surface area (Å²) in [5.74, 6) is 0.0353. The molecule has 11 heteroatoms. The molecule has 3 atom stereocenters. The Hall–Kier alpha value is -3.18. The molecular formula is C23H25FN6O4. The van der Waals surface area contributed by atoms with E-state index in [9.17, 15) is 14.7 Å². The van der Waals surface area contributed by atoms with Crippen LogP contribution in [0.3, 0.4) is 0 Å². The van der Waals surface area contributed by atoms with E-state index >= 15 is 4.39 Å². The van der Waals surface area contributed by atoms with Crippen molar-refractivity contribution in [1.82, 2.24) is 30.0 Å². The van der Waals surface area contributed by atoms with Crippen LogP contribution in [-0.4, -0.2) is 85.9 Å². The van der Waals surface area contributed by atoms with Crippen LogP contribution in [0.25, 0.3) is 11.4 Å². The van der Waals surface area contributed by atoms with E-state index in [1.54, 1.807) is 11.6 Å². The van der Waals surface area contributed by atoms with Gasteiger partial charge in [0.25, 0.3) is 0 Å². The van der Waals surface area contributed by atoms with Crippen LogP contribution in [0.2, 0.25) is 0 Å². The van der Waals surface area contributed by atoms with E-state index in [0.717, 1.165) is 16.7 Å². The lowest BCUT2D eigenvalue weighted by Gasteiger charge is -2.41. The maximum Gasteiger partial charge on any atom is 0.336 e. The normalized spacial score (nSPS) is 27.5. The van der Waals surface area contributed by atoms with Crippen molar-refractivity contribution in [2.45, 2.75) is 38.6 Å². The molecular weight excluding hydrogens is 443 g/mol. The average Bonchev–Trinajstić information content (AvgIpc) is 3.56. The van der Waals surface area contributed by atoms with E-state index in [-0.39, 0.29) is 25.6 Å². The number of fused-ring (bicyclic) bond motifs is 3. The van der Waals surface area contributed by atoms with Crippen molar-refractivity contribution in [3.05, 3.63) is 40.6 Å². The molecule has 0 saturated carbocycles. The van der Waals surface area contributed by atoms with Gasteiger partial charge in [0, 0.05) is 25.2 Å². The van der Waals surface area contributed by atoms with Crippen LogP contribution in [0.4, 0.5) is 4.39 Å². The molecule has 10 nitrogen and oxygen atoms in total. The van der Waals surface area contributed by atoms with Gasteiger partial charge in [-0.2, -0.15) is 0 Å². The molecule has 178 valence electrons. The Labute approximate surface area is 195 Å². The van der Waals surface area contributed by atoms with Gasteiger partial charge in [0.2, 0.25) is 5.91 Å². The number of tetrazole rings is 1. The number of cyclic esters (lactones) is 1. The van der Waals surface area contributed by atoms with E-state index in [0.29, 0.717) is 49.6 Å². The van der Waals surface area contributed by atoms with Crippen LogP contribution < -0.4 is 0 Å². The standard InChI is InChI=1S/C23H25FN6O4/c1-13-17(12-34-21(13)32)29-7-5-23(22(29)33)4-6-28(11-19(23)24)10-18(31)14-2-3-16-15(8-14)9-30-20(16)25-26-27-30/h2-3,8,18-19,31H,4-7,9-12H2,1H3/t18-,19-,23+/m1/s1. The first kappa shape index (κ1) is 21.4.